The van der Waals surface area contributed by atoms with Crippen molar-refractivity contribution in [2.75, 3.05) is 14.2 Å². The van der Waals surface area contributed by atoms with Crippen LogP contribution < -0.4 is 10.1 Å². The van der Waals surface area contributed by atoms with Crippen LogP contribution >= 0.6 is 33.9 Å². The molecule has 0 amide bonds. The zero-order chi connectivity index (χ0) is 13.8. The van der Waals surface area contributed by atoms with Crippen LogP contribution in [0.15, 0.2) is 29.6 Å². The van der Waals surface area contributed by atoms with E-state index in [2.05, 4.69) is 39.4 Å². The molecule has 1 N–H and O–H groups in total. The average molecular weight is 391 g/mol. The maximum Gasteiger partial charge on any atom is 0.165 e. The lowest BCUT2D eigenvalue weighted by Crippen LogP contribution is -2.18. The highest BCUT2D eigenvalue weighted by atomic mass is 127. The number of ether oxygens (including phenoxy) is 1. The first-order chi connectivity index (χ1) is 9.13. The number of rotatable bonds is 5. The molecule has 0 saturated carbocycles. The zero-order valence-electron chi connectivity index (χ0n) is 10.7. The maximum absolute atomic E-state index is 13.7. The minimum Gasteiger partial charge on any atom is -0.494 e. The van der Waals surface area contributed by atoms with Gasteiger partial charge in [-0.1, -0.05) is 6.07 Å². The number of halogens is 2. The molecule has 1 heterocycles. The van der Waals surface area contributed by atoms with Gasteiger partial charge in [0, 0.05) is 6.04 Å². The predicted octanol–water partition coefficient (Wildman–Crippen LogP) is 4.00. The van der Waals surface area contributed by atoms with Crippen molar-refractivity contribution < 1.29 is 9.13 Å². The van der Waals surface area contributed by atoms with Crippen LogP contribution in [0.25, 0.3) is 0 Å². The van der Waals surface area contributed by atoms with Gasteiger partial charge in [0.2, 0.25) is 0 Å². The number of hydrogen-bond donors (Lipinski definition) is 1. The zero-order valence-corrected chi connectivity index (χ0v) is 13.7. The van der Waals surface area contributed by atoms with Crippen molar-refractivity contribution in [1.82, 2.24) is 5.32 Å². The van der Waals surface area contributed by atoms with Crippen LogP contribution in [0.1, 0.15) is 17.2 Å². The summed E-state index contributed by atoms with van der Waals surface area (Å²) in [5, 5.41) is 5.42. The van der Waals surface area contributed by atoms with Gasteiger partial charge in [0.15, 0.2) is 11.6 Å². The Bertz CT molecular complexity index is 558. The predicted molar refractivity (Wildman–Crippen MR) is 85.5 cm³/mol. The Morgan fingerprint density at radius 3 is 2.74 bits per heavy atom. The number of methoxy groups -OCH3 is 1. The molecule has 2 aromatic rings. The lowest BCUT2D eigenvalue weighted by Gasteiger charge is -2.15. The van der Waals surface area contributed by atoms with Gasteiger partial charge < -0.3 is 10.1 Å². The fourth-order valence-electron chi connectivity index (χ4n) is 1.97. The van der Waals surface area contributed by atoms with Gasteiger partial charge in [-0.15, -0.1) is 11.3 Å². The summed E-state index contributed by atoms with van der Waals surface area (Å²) in [6.07, 6.45) is 0.754. The second kappa shape index (κ2) is 6.67. The molecule has 1 aromatic carbocycles. The Morgan fingerprint density at radius 1 is 1.42 bits per heavy atom. The second-order valence-corrected chi connectivity index (χ2v) is 7.00. The van der Waals surface area contributed by atoms with E-state index in [0.29, 0.717) is 0 Å². The molecule has 2 rings (SSSR count). The van der Waals surface area contributed by atoms with Gasteiger partial charge in [-0.05, 0) is 70.8 Å². The van der Waals surface area contributed by atoms with E-state index in [4.69, 9.17) is 4.74 Å². The van der Waals surface area contributed by atoms with Crippen molar-refractivity contribution in [2.45, 2.75) is 12.5 Å². The summed E-state index contributed by atoms with van der Waals surface area (Å²) >= 11 is 4.03. The van der Waals surface area contributed by atoms with Gasteiger partial charge in [0.05, 0.1) is 9.99 Å². The van der Waals surface area contributed by atoms with Crippen molar-refractivity contribution >= 4 is 33.9 Å². The van der Waals surface area contributed by atoms with Crippen molar-refractivity contribution in [1.29, 1.82) is 0 Å². The quantitative estimate of drug-likeness (QED) is 0.778. The third-order valence-corrected chi connectivity index (χ3v) is 4.80. The highest BCUT2D eigenvalue weighted by Crippen LogP contribution is 2.26. The molecule has 1 atom stereocenters. The van der Waals surface area contributed by atoms with Crippen LogP contribution in [0.2, 0.25) is 0 Å². The van der Waals surface area contributed by atoms with E-state index < -0.39 is 0 Å². The standard InChI is InChI=1S/C14H15FINOS/c1-17-12(10-7-14(16)19-8-10)6-9-3-4-13(18-2)11(15)5-9/h3-5,7-8,12,17H,6H2,1-2H3. The summed E-state index contributed by atoms with van der Waals surface area (Å²) in [6, 6.07) is 7.48. The number of benzene rings is 1. The summed E-state index contributed by atoms with van der Waals surface area (Å²) in [4.78, 5) is 0. The molecule has 1 unspecified atom stereocenters. The van der Waals surface area contributed by atoms with Gasteiger partial charge >= 0.3 is 0 Å². The van der Waals surface area contributed by atoms with E-state index >= 15 is 0 Å². The van der Waals surface area contributed by atoms with Crippen molar-refractivity contribution in [3.8, 4) is 5.75 Å². The molecule has 0 radical (unpaired) electrons. The lowest BCUT2D eigenvalue weighted by molar-refractivity contribution is 0.386. The highest BCUT2D eigenvalue weighted by Gasteiger charge is 2.13. The third-order valence-electron chi connectivity index (χ3n) is 2.99. The highest BCUT2D eigenvalue weighted by molar-refractivity contribution is 14.1. The Labute approximate surface area is 130 Å². The molecule has 0 aliphatic carbocycles. The first-order valence-electron chi connectivity index (χ1n) is 5.87. The molecule has 0 aliphatic heterocycles. The molecule has 5 heteroatoms. The largest absolute Gasteiger partial charge is 0.494 e. The molecule has 1 aromatic heterocycles. The number of likely N-dealkylation sites (N-methyl/N-ethyl adjacent to an activating group) is 1. The van der Waals surface area contributed by atoms with Crippen LogP contribution in [0.4, 0.5) is 4.39 Å². The second-order valence-electron chi connectivity index (χ2n) is 4.20. The van der Waals surface area contributed by atoms with E-state index in [1.54, 1.807) is 23.5 Å². The van der Waals surface area contributed by atoms with E-state index in [1.165, 1.54) is 15.6 Å². The molecule has 2 nitrogen and oxygen atoms in total. The average Bonchev–Trinajstić information content (AvgIpc) is 2.82. The molecule has 0 fully saturated rings. The molecule has 0 spiro atoms. The van der Waals surface area contributed by atoms with Crippen LogP contribution in [-0.2, 0) is 6.42 Å². The van der Waals surface area contributed by atoms with Crippen LogP contribution in [-0.4, -0.2) is 14.2 Å². The van der Waals surface area contributed by atoms with Gasteiger partial charge in [-0.2, -0.15) is 0 Å². The Morgan fingerprint density at radius 2 is 2.21 bits per heavy atom. The third kappa shape index (κ3) is 3.67. The fourth-order valence-corrected chi connectivity index (χ4v) is 3.39. The van der Waals surface area contributed by atoms with E-state index in [-0.39, 0.29) is 17.6 Å². The molecule has 19 heavy (non-hydrogen) atoms. The molecule has 0 bridgehead atoms. The number of nitrogens with one attached hydrogen (secondary N) is 1. The maximum atomic E-state index is 13.7. The minimum absolute atomic E-state index is 0.201. The van der Waals surface area contributed by atoms with Gasteiger partial charge in [-0.3, -0.25) is 0 Å². The van der Waals surface area contributed by atoms with Crippen LogP contribution in [0, 0.1) is 8.70 Å². The number of hydrogen-bond acceptors (Lipinski definition) is 3. The first kappa shape index (κ1) is 14.7. The molecular formula is C14H15FINOS. The van der Waals surface area contributed by atoms with Crippen molar-refractivity contribution in [3.05, 3.63) is 49.5 Å². The van der Waals surface area contributed by atoms with Gasteiger partial charge in [0.1, 0.15) is 0 Å². The minimum atomic E-state index is -0.310. The monoisotopic (exact) mass is 391 g/mol. The lowest BCUT2D eigenvalue weighted by atomic mass is 10.0. The normalized spacial score (nSPS) is 12.4. The van der Waals surface area contributed by atoms with E-state index in [9.17, 15) is 4.39 Å². The SMILES string of the molecule is CNC(Cc1ccc(OC)c(F)c1)c1csc(I)c1. The Balaban J connectivity index is 2.16. The van der Waals surface area contributed by atoms with Crippen LogP contribution in [0.5, 0.6) is 5.75 Å². The summed E-state index contributed by atoms with van der Waals surface area (Å²) in [5.74, 6) is -0.0235. The molecule has 0 aliphatic rings. The molecular weight excluding hydrogens is 376 g/mol. The topological polar surface area (TPSA) is 21.3 Å². The summed E-state index contributed by atoms with van der Waals surface area (Å²) in [5.41, 5.74) is 2.20. The van der Waals surface area contributed by atoms with E-state index in [1.807, 2.05) is 13.1 Å². The summed E-state index contributed by atoms with van der Waals surface area (Å²) in [7, 11) is 3.40. The van der Waals surface area contributed by atoms with Crippen LogP contribution in [0.3, 0.4) is 0 Å². The van der Waals surface area contributed by atoms with Crippen molar-refractivity contribution in [2.24, 2.45) is 0 Å². The molecule has 0 saturated heterocycles. The smallest absolute Gasteiger partial charge is 0.165 e. The summed E-state index contributed by atoms with van der Waals surface area (Å²) < 4.78 is 19.9. The van der Waals surface area contributed by atoms with E-state index in [0.717, 1.165) is 12.0 Å². The summed E-state index contributed by atoms with van der Waals surface area (Å²) in [6.45, 7) is 0. The first-order valence-corrected chi connectivity index (χ1v) is 7.83. The van der Waals surface area contributed by atoms with Gasteiger partial charge in [0.25, 0.3) is 0 Å². The molecule has 102 valence electrons. The Kier molecular flexibility index (Phi) is 5.18. The number of thiophene rings is 1. The Hall–Kier alpha value is -0.660. The van der Waals surface area contributed by atoms with Crippen molar-refractivity contribution in [3.63, 3.8) is 0 Å². The fraction of sp³-hybridized carbons (Fsp3) is 0.286. The van der Waals surface area contributed by atoms with Gasteiger partial charge in [-0.25, -0.2) is 4.39 Å².